The number of hydrogen-bond acceptors (Lipinski definition) is 4. The van der Waals surface area contributed by atoms with E-state index in [1.54, 1.807) is 11.8 Å². The van der Waals surface area contributed by atoms with Crippen LogP contribution in [-0.4, -0.2) is 47.0 Å². The molecule has 0 saturated heterocycles. The number of aliphatic hydroxyl groups is 2. The first-order valence-electron chi connectivity index (χ1n) is 5.71. The fourth-order valence-corrected chi connectivity index (χ4v) is 2.47. The molecule has 0 rings (SSSR count). The first-order valence-corrected chi connectivity index (χ1v) is 6.87. The molecule has 92 valence electrons. The number of aliphatic hydroxyl groups excluding tert-OH is 2. The zero-order valence-corrected chi connectivity index (χ0v) is 10.9. The molecule has 0 aliphatic heterocycles. The van der Waals surface area contributed by atoms with Crippen molar-refractivity contribution in [3.8, 4) is 0 Å². The van der Waals surface area contributed by atoms with Crippen LogP contribution in [0.15, 0.2) is 0 Å². The summed E-state index contributed by atoms with van der Waals surface area (Å²) in [6.45, 7) is 7.48. The van der Waals surface area contributed by atoms with Crippen molar-refractivity contribution in [2.24, 2.45) is 5.92 Å². The second-order valence-electron chi connectivity index (χ2n) is 4.18. The second-order valence-corrected chi connectivity index (χ2v) is 5.25. The summed E-state index contributed by atoms with van der Waals surface area (Å²) in [5.74, 6) is 2.22. The van der Waals surface area contributed by atoms with E-state index in [9.17, 15) is 5.11 Å². The molecule has 0 saturated carbocycles. The summed E-state index contributed by atoms with van der Waals surface area (Å²) < 4.78 is 0. The van der Waals surface area contributed by atoms with Crippen LogP contribution in [0, 0.1) is 5.92 Å². The van der Waals surface area contributed by atoms with E-state index < -0.39 is 6.10 Å². The maximum Gasteiger partial charge on any atom is 0.0861 e. The molecule has 0 aliphatic rings. The molecule has 3 nitrogen and oxygen atoms in total. The smallest absolute Gasteiger partial charge is 0.0861 e. The highest BCUT2D eigenvalue weighted by Gasteiger charge is 2.12. The van der Waals surface area contributed by atoms with E-state index in [0.717, 1.165) is 18.7 Å². The molecule has 0 aromatic rings. The van der Waals surface area contributed by atoms with E-state index in [2.05, 4.69) is 26.1 Å². The number of hydrogen-bond donors (Lipinski definition) is 3. The Morgan fingerprint density at radius 1 is 1.27 bits per heavy atom. The summed E-state index contributed by atoms with van der Waals surface area (Å²) in [7, 11) is 0. The van der Waals surface area contributed by atoms with Gasteiger partial charge in [0.25, 0.3) is 0 Å². The van der Waals surface area contributed by atoms with Crippen molar-refractivity contribution < 1.29 is 10.2 Å². The molecule has 4 heteroatoms. The van der Waals surface area contributed by atoms with E-state index in [0.29, 0.717) is 17.7 Å². The third-order valence-electron chi connectivity index (χ3n) is 2.28. The van der Waals surface area contributed by atoms with Gasteiger partial charge in [-0.25, -0.2) is 0 Å². The minimum Gasteiger partial charge on any atom is -0.394 e. The summed E-state index contributed by atoms with van der Waals surface area (Å²) in [5.41, 5.74) is 0. The second kappa shape index (κ2) is 9.46. The van der Waals surface area contributed by atoms with Crippen molar-refractivity contribution in [3.05, 3.63) is 0 Å². The fraction of sp³-hybridized carbons (Fsp3) is 1.00. The minimum atomic E-state index is -0.575. The Morgan fingerprint density at radius 2 is 1.93 bits per heavy atom. The van der Waals surface area contributed by atoms with Gasteiger partial charge in [0, 0.05) is 17.5 Å². The topological polar surface area (TPSA) is 52.5 Å². The van der Waals surface area contributed by atoms with Crippen molar-refractivity contribution in [3.63, 3.8) is 0 Å². The lowest BCUT2D eigenvalue weighted by Gasteiger charge is -2.22. The van der Waals surface area contributed by atoms with Gasteiger partial charge in [0.15, 0.2) is 0 Å². The molecule has 2 unspecified atom stereocenters. The third kappa shape index (κ3) is 8.08. The SMILES string of the molecule is CCCNC(CSCC(O)CO)C(C)C. The zero-order chi connectivity index (χ0) is 11.7. The summed E-state index contributed by atoms with van der Waals surface area (Å²) in [6.07, 6.45) is 0.571. The molecule has 0 heterocycles. The van der Waals surface area contributed by atoms with Gasteiger partial charge in [-0.1, -0.05) is 20.8 Å². The molecular weight excluding hydrogens is 210 g/mol. The molecule has 0 aromatic carbocycles. The van der Waals surface area contributed by atoms with Gasteiger partial charge in [-0.05, 0) is 18.9 Å². The summed E-state index contributed by atoms with van der Waals surface area (Å²) in [6, 6.07) is 0.501. The zero-order valence-electron chi connectivity index (χ0n) is 10.1. The monoisotopic (exact) mass is 235 g/mol. The molecule has 3 N–H and O–H groups in total. The van der Waals surface area contributed by atoms with Gasteiger partial charge in [-0.15, -0.1) is 0 Å². The molecule has 0 fully saturated rings. The Labute approximate surface area is 97.7 Å². The van der Waals surface area contributed by atoms with Crippen molar-refractivity contribution in [1.29, 1.82) is 0 Å². The van der Waals surface area contributed by atoms with Crippen LogP contribution in [-0.2, 0) is 0 Å². The molecule has 0 spiro atoms. The fourth-order valence-electron chi connectivity index (χ4n) is 1.20. The normalized spacial score (nSPS) is 15.6. The highest BCUT2D eigenvalue weighted by Crippen LogP contribution is 2.11. The van der Waals surface area contributed by atoms with Crippen LogP contribution in [0.3, 0.4) is 0 Å². The van der Waals surface area contributed by atoms with E-state index in [4.69, 9.17) is 5.11 Å². The molecule has 15 heavy (non-hydrogen) atoms. The number of rotatable bonds is 9. The van der Waals surface area contributed by atoms with Gasteiger partial charge in [-0.2, -0.15) is 11.8 Å². The van der Waals surface area contributed by atoms with Crippen LogP contribution in [0.25, 0.3) is 0 Å². The lowest BCUT2D eigenvalue weighted by Crippen LogP contribution is -2.37. The molecule has 0 amide bonds. The van der Waals surface area contributed by atoms with E-state index in [1.165, 1.54) is 0 Å². The quantitative estimate of drug-likeness (QED) is 0.560. The Hall–Kier alpha value is 0.230. The van der Waals surface area contributed by atoms with Gasteiger partial charge < -0.3 is 15.5 Å². The number of thioether (sulfide) groups is 1. The van der Waals surface area contributed by atoms with Crippen LogP contribution in [0.4, 0.5) is 0 Å². The Morgan fingerprint density at radius 3 is 2.40 bits per heavy atom. The average Bonchev–Trinajstić information content (AvgIpc) is 2.22. The molecular formula is C11H25NO2S. The van der Waals surface area contributed by atoms with Crippen molar-refractivity contribution in [2.75, 3.05) is 24.7 Å². The molecule has 0 aliphatic carbocycles. The lowest BCUT2D eigenvalue weighted by atomic mass is 10.1. The predicted octanol–water partition coefficient (Wildman–Crippen LogP) is 1.10. The highest BCUT2D eigenvalue weighted by molar-refractivity contribution is 7.99. The first kappa shape index (κ1) is 15.2. The Kier molecular flexibility index (Phi) is 9.60. The molecule has 2 atom stereocenters. The standard InChI is InChI=1S/C11H25NO2S/c1-4-5-12-11(9(2)3)8-15-7-10(14)6-13/h9-14H,4-8H2,1-3H3. The van der Waals surface area contributed by atoms with Crippen molar-refractivity contribution >= 4 is 11.8 Å². The summed E-state index contributed by atoms with van der Waals surface area (Å²) >= 11 is 1.70. The molecule has 0 radical (unpaired) electrons. The van der Waals surface area contributed by atoms with Gasteiger partial charge in [0.05, 0.1) is 12.7 Å². The van der Waals surface area contributed by atoms with Crippen LogP contribution in [0.2, 0.25) is 0 Å². The summed E-state index contributed by atoms with van der Waals surface area (Å²) in [4.78, 5) is 0. The van der Waals surface area contributed by atoms with Gasteiger partial charge in [0.1, 0.15) is 0 Å². The van der Waals surface area contributed by atoms with Gasteiger partial charge >= 0.3 is 0 Å². The Balaban J connectivity index is 3.66. The average molecular weight is 235 g/mol. The highest BCUT2D eigenvalue weighted by atomic mass is 32.2. The maximum atomic E-state index is 9.19. The van der Waals surface area contributed by atoms with Crippen LogP contribution in [0.1, 0.15) is 27.2 Å². The molecule has 0 bridgehead atoms. The van der Waals surface area contributed by atoms with Gasteiger partial charge in [-0.3, -0.25) is 0 Å². The largest absolute Gasteiger partial charge is 0.394 e. The van der Waals surface area contributed by atoms with Crippen molar-refractivity contribution in [2.45, 2.75) is 39.3 Å². The first-order chi connectivity index (χ1) is 7.11. The molecule has 0 aromatic heterocycles. The van der Waals surface area contributed by atoms with E-state index >= 15 is 0 Å². The predicted molar refractivity (Wildman–Crippen MR) is 67.3 cm³/mol. The van der Waals surface area contributed by atoms with E-state index in [1.807, 2.05) is 0 Å². The van der Waals surface area contributed by atoms with Crippen molar-refractivity contribution in [1.82, 2.24) is 5.32 Å². The van der Waals surface area contributed by atoms with Gasteiger partial charge in [0.2, 0.25) is 0 Å². The lowest BCUT2D eigenvalue weighted by molar-refractivity contribution is 0.113. The Bertz CT molecular complexity index is 145. The summed E-state index contributed by atoms with van der Waals surface area (Å²) in [5, 5.41) is 21.4. The number of nitrogens with one attached hydrogen (secondary N) is 1. The van der Waals surface area contributed by atoms with Crippen LogP contribution in [0.5, 0.6) is 0 Å². The third-order valence-corrected chi connectivity index (χ3v) is 3.49. The van der Waals surface area contributed by atoms with Crippen LogP contribution >= 0.6 is 11.8 Å². The van der Waals surface area contributed by atoms with E-state index in [-0.39, 0.29) is 6.61 Å². The van der Waals surface area contributed by atoms with Crippen LogP contribution < -0.4 is 5.32 Å². The maximum absolute atomic E-state index is 9.19. The minimum absolute atomic E-state index is 0.137.